The molecule has 2 N–H and O–H groups in total. The Labute approximate surface area is 112 Å². The van der Waals surface area contributed by atoms with E-state index in [1.165, 1.54) is 0 Å². The predicted molar refractivity (Wildman–Crippen MR) is 71.1 cm³/mol. The van der Waals surface area contributed by atoms with Gasteiger partial charge in [-0.3, -0.25) is 4.79 Å². The van der Waals surface area contributed by atoms with Gasteiger partial charge < -0.3 is 15.2 Å². The predicted octanol–water partition coefficient (Wildman–Crippen LogP) is 1.74. The van der Waals surface area contributed by atoms with E-state index >= 15 is 0 Å². The Kier molecular flexibility index (Phi) is 5.85. The second kappa shape index (κ2) is 7.41. The minimum absolute atomic E-state index is 0.182. The van der Waals surface area contributed by atoms with E-state index in [-0.39, 0.29) is 6.61 Å². The van der Waals surface area contributed by atoms with Crippen LogP contribution in [0.2, 0.25) is 0 Å². The molecule has 0 unspecified atom stereocenters. The molecule has 0 aliphatic rings. The summed E-state index contributed by atoms with van der Waals surface area (Å²) in [7, 11) is 0. The highest BCUT2D eigenvalue weighted by Crippen LogP contribution is 2.15. The number of para-hydroxylation sites is 1. The first-order valence-electron chi connectivity index (χ1n) is 6.25. The lowest BCUT2D eigenvalue weighted by Crippen LogP contribution is -2.42. The quantitative estimate of drug-likeness (QED) is 0.787. The molecule has 5 heteroatoms. The van der Waals surface area contributed by atoms with Crippen molar-refractivity contribution in [2.75, 3.05) is 6.61 Å². The third-order valence-corrected chi connectivity index (χ3v) is 2.66. The van der Waals surface area contributed by atoms with Crippen LogP contribution in [0.1, 0.15) is 25.3 Å². The molecule has 5 nitrogen and oxygen atoms in total. The van der Waals surface area contributed by atoms with Crippen LogP contribution in [0, 0.1) is 6.92 Å². The first kappa shape index (κ1) is 15.0. The van der Waals surface area contributed by atoms with E-state index in [1.54, 1.807) is 6.07 Å². The van der Waals surface area contributed by atoms with Crippen molar-refractivity contribution in [1.29, 1.82) is 0 Å². The molecule has 0 saturated heterocycles. The van der Waals surface area contributed by atoms with Gasteiger partial charge in [-0.2, -0.15) is 0 Å². The van der Waals surface area contributed by atoms with Gasteiger partial charge >= 0.3 is 5.97 Å². The van der Waals surface area contributed by atoms with Gasteiger partial charge in [0, 0.05) is 0 Å². The number of carbonyl (C=O) groups excluding carboxylic acids is 1. The number of carbonyl (C=O) groups is 2. The van der Waals surface area contributed by atoms with Crippen LogP contribution in [0.5, 0.6) is 5.75 Å². The van der Waals surface area contributed by atoms with Crippen molar-refractivity contribution in [3.63, 3.8) is 0 Å². The number of amides is 1. The van der Waals surface area contributed by atoms with E-state index < -0.39 is 17.9 Å². The topological polar surface area (TPSA) is 75.6 Å². The third-order valence-electron chi connectivity index (χ3n) is 2.66. The summed E-state index contributed by atoms with van der Waals surface area (Å²) in [6.07, 6.45) is 1.10. The highest BCUT2D eigenvalue weighted by molar-refractivity contribution is 5.84. The van der Waals surface area contributed by atoms with E-state index in [0.717, 1.165) is 5.56 Å². The van der Waals surface area contributed by atoms with Gasteiger partial charge in [0.05, 0.1) is 0 Å². The molecule has 0 saturated carbocycles. The van der Waals surface area contributed by atoms with Gasteiger partial charge in [0.25, 0.3) is 5.91 Å². The molecule has 0 aromatic heterocycles. The number of aryl methyl sites for hydroxylation is 1. The maximum atomic E-state index is 11.6. The Morgan fingerprint density at radius 2 is 2.05 bits per heavy atom. The van der Waals surface area contributed by atoms with E-state index in [2.05, 4.69) is 5.32 Å². The molecule has 0 bridgehead atoms. The van der Waals surface area contributed by atoms with Gasteiger partial charge in [0.15, 0.2) is 6.61 Å². The van der Waals surface area contributed by atoms with Crippen LogP contribution in [-0.4, -0.2) is 29.6 Å². The molecule has 0 fully saturated rings. The van der Waals surface area contributed by atoms with Crippen molar-refractivity contribution >= 4 is 11.9 Å². The van der Waals surface area contributed by atoms with Gasteiger partial charge in [-0.25, -0.2) is 4.79 Å². The van der Waals surface area contributed by atoms with Gasteiger partial charge in [0.1, 0.15) is 11.8 Å². The van der Waals surface area contributed by atoms with Crippen LogP contribution in [0.15, 0.2) is 24.3 Å². The fraction of sp³-hybridized carbons (Fsp3) is 0.429. The molecule has 1 atom stereocenters. The highest BCUT2D eigenvalue weighted by Gasteiger charge is 2.18. The molecule has 1 amide bonds. The molecule has 0 aliphatic heterocycles. The van der Waals surface area contributed by atoms with Crippen molar-refractivity contribution in [3.05, 3.63) is 29.8 Å². The molecule has 104 valence electrons. The standard InChI is InChI=1S/C14H19NO4/c1-3-6-11(14(17)18)15-13(16)9-19-12-8-5-4-7-10(12)2/h4-5,7-8,11H,3,6,9H2,1-2H3,(H,15,16)(H,17,18)/t11-/m1/s1. The van der Waals surface area contributed by atoms with Crippen LogP contribution < -0.4 is 10.1 Å². The van der Waals surface area contributed by atoms with Crippen LogP contribution in [-0.2, 0) is 9.59 Å². The minimum Gasteiger partial charge on any atom is -0.484 e. The van der Waals surface area contributed by atoms with Crippen molar-refractivity contribution < 1.29 is 19.4 Å². The molecule has 0 heterocycles. The van der Waals surface area contributed by atoms with E-state index in [9.17, 15) is 9.59 Å². The first-order chi connectivity index (χ1) is 9.04. The number of rotatable bonds is 7. The van der Waals surface area contributed by atoms with Crippen molar-refractivity contribution in [3.8, 4) is 5.75 Å². The number of carboxylic acids is 1. The van der Waals surface area contributed by atoms with Crippen LogP contribution in [0.4, 0.5) is 0 Å². The number of benzene rings is 1. The largest absolute Gasteiger partial charge is 0.484 e. The van der Waals surface area contributed by atoms with Gasteiger partial charge in [-0.05, 0) is 25.0 Å². The summed E-state index contributed by atoms with van der Waals surface area (Å²) in [5.41, 5.74) is 0.929. The fourth-order valence-corrected chi connectivity index (χ4v) is 1.64. The molecule has 1 aromatic rings. The maximum Gasteiger partial charge on any atom is 0.326 e. The molecule has 0 aliphatic carbocycles. The number of ether oxygens (including phenoxy) is 1. The van der Waals surface area contributed by atoms with E-state index in [1.807, 2.05) is 32.0 Å². The Hall–Kier alpha value is -2.04. The lowest BCUT2D eigenvalue weighted by Gasteiger charge is -2.14. The van der Waals surface area contributed by atoms with Gasteiger partial charge in [0.2, 0.25) is 0 Å². The number of hydrogen-bond acceptors (Lipinski definition) is 3. The monoisotopic (exact) mass is 265 g/mol. The van der Waals surface area contributed by atoms with Gasteiger partial charge in [-0.1, -0.05) is 31.5 Å². The number of carboxylic acid groups (broad SMARTS) is 1. The Balaban J connectivity index is 2.47. The lowest BCUT2D eigenvalue weighted by molar-refractivity contribution is -0.142. The lowest BCUT2D eigenvalue weighted by atomic mass is 10.2. The Morgan fingerprint density at radius 3 is 2.63 bits per heavy atom. The Morgan fingerprint density at radius 1 is 1.37 bits per heavy atom. The van der Waals surface area contributed by atoms with Crippen LogP contribution >= 0.6 is 0 Å². The molecular weight excluding hydrogens is 246 g/mol. The molecule has 0 spiro atoms. The summed E-state index contributed by atoms with van der Waals surface area (Å²) >= 11 is 0. The average molecular weight is 265 g/mol. The highest BCUT2D eigenvalue weighted by atomic mass is 16.5. The molecule has 1 rings (SSSR count). The molecule has 1 aromatic carbocycles. The molecular formula is C14H19NO4. The third kappa shape index (κ3) is 4.99. The first-order valence-corrected chi connectivity index (χ1v) is 6.25. The van der Waals surface area contributed by atoms with Crippen LogP contribution in [0.25, 0.3) is 0 Å². The summed E-state index contributed by atoms with van der Waals surface area (Å²) in [4.78, 5) is 22.5. The van der Waals surface area contributed by atoms with Crippen LogP contribution in [0.3, 0.4) is 0 Å². The second-order valence-electron chi connectivity index (χ2n) is 4.30. The fourth-order valence-electron chi connectivity index (χ4n) is 1.64. The number of aliphatic carboxylic acids is 1. The summed E-state index contributed by atoms with van der Waals surface area (Å²) in [5.74, 6) is -0.824. The smallest absolute Gasteiger partial charge is 0.326 e. The van der Waals surface area contributed by atoms with Crippen molar-refractivity contribution in [2.24, 2.45) is 0 Å². The summed E-state index contributed by atoms with van der Waals surface area (Å²) < 4.78 is 5.35. The summed E-state index contributed by atoms with van der Waals surface area (Å²) in [6.45, 7) is 3.56. The minimum atomic E-state index is -1.02. The van der Waals surface area contributed by atoms with E-state index in [4.69, 9.17) is 9.84 Å². The normalized spacial score (nSPS) is 11.7. The summed E-state index contributed by atoms with van der Waals surface area (Å²) in [6, 6.07) is 6.49. The zero-order valence-corrected chi connectivity index (χ0v) is 11.2. The Bertz CT molecular complexity index is 445. The number of nitrogens with one attached hydrogen (secondary N) is 1. The average Bonchev–Trinajstić information content (AvgIpc) is 2.37. The second-order valence-corrected chi connectivity index (χ2v) is 4.30. The number of hydrogen-bond donors (Lipinski definition) is 2. The van der Waals surface area contributed by atoms with Crippen molar-refractivity contribution in [1.82, 2.24) is 5.32 Å². The molecule has 0 radical (unpaired) electrons. The van der Waals surface area contributed by atoms with Gasteiger partial charge in [-0.15, -0.1) is 0 Å². The SMILES string of the molecule is CCC[C@@H](NC(=O)COc1ccccc1C)C(=O)O. The molecule has 19 heavy (non-hydrogen) atoms. The maximum absolute atomic E-state index is 11.6. The zero-order valence-electron chi connectivity index (χ0n) is 11.2. The summed E-state index contributed by atoms with van der Waals surface area (Å²) in [5, 5.41) is 11.4. The van der Waals surface area contributed by atoms with E-state index in [0.29, 0.717) is 18.6 Å². The zero-order chi connectivity index (χ0) is 14.3. The van der Waals surface area contributed by atoms with Crippen molar-refractivity contribution in [2.45, 2.75) is 32.7 Å².